The van der Waals surface area contributed by atoms with Gasteiger partial charge in [-0.2, -0.15) is 13.2 Å². The molecule has 0 bridgehead atoms. The summed E-state index contributed by atoms with van der Waals surface area (Å²) in [5.41, 5.74) is 0. The second-order valence-corrected chi connectivity index (χ2v) is 4.39. The maximum absolute atomic E-state index is 12.0. The lowest BCUT2D eigenvalue weighted by Crippen LogP contribution is -2.17. The quantitative estimate of drug-likeness (QED) is 0.884. The first kappa shape index (κ1) is 12.3. The highest BCUT2D eigenvalue weighted by atomic mass is 19.4. The van der Waals surface area contributed by atoms with Crippen molar-refractivity contribution >= 4 is 5.95 Å². The number of halogens is 3. The summed E-state index contributed by atoms with van der Waals surface area (Å²) >= 11 is 0. The molecule has 96 valence electrons. The summed E-state index contributed by atoms with van der Waals surface area (Å²) in [6, 6.07) is 0.394. The van der Waals surface area contributed by atoms with Crippen LogP contribution in [0.2, 0.25) is 0 Å². The molecule has 1 aromatic rings. The van der Waals surface area contributed by atoms with Gasteiger partial charge in [0.15, 0.2) is 0 Å². The minimum atomic E-state index is -4.11. The summed E-state index contributed by atoms with van der Waals surface area (Å²) in [6.45, 7) is -0.118. The van der Waals surface area contributed by atoms with Gasteiger partial charge in [-0.05, 0) is 12.8 Å². The predicted molar refractivity (Wildman–Crippen MR) is 58.9 cm³/mol. The lowest BCUT2D eigenvalue weighted by Gasteiger charge is -2.16. The van der Waals surface area contributed by atoms with E-state index in [1.807, 2.05) is 10.8 Å². The summed E-state index contributed by atoms with van der Waals surface area (Å²) in [7, 11) is 0. The van der Waals surface area contributed by atoms with Crippen LogP contribution in [-0.2, 0) is 0 Å². The zero-order valence-electron chi connectivity index (χ0n) is 9.50. The van der Waals surface area contributed by atoms with Gasteiger partial charge in [-0.25, -0.2) is 4.98 Å². The second-order valence-electron chi connectivity index (χ2n) is 4.39. The summed E-state index contributed by atoms with van der Waals surface area (Å²) in [5, 5.41) is 2.76. The lowest BCUT2D eigenvalue weighted by molar-refractivity contribution is -0.131. The van der Waals surface area contributed by atoms with E-state index in [2.05, 4.69) is 10.3 Å². The van der Waals surface area contributed by atoms with Crippen molar-refractivity contribution < 1.29 is 13.2 Å². The molecule has 0 spiro atoms. The normalized spacial score (nSPS) is 17.6. The highest BCUT2D eigenvalue weighted by Crippen LogP contribution is 2.31. The van der Waals surface area contributed by atoms with Gasteiger partial charge in [-0.15, -0.1) is 0 Å². The first-order chi connectivity index (χ1) is 8.06. The van der Waals surface area contributed by atoms with Crippen molar-refractivity contribution in [1.82, 2.24) is 9.55 Å². The van der Waals surface area contributed by atoms with E-state index < -0.39 is 12.6 Å². The maximum atomic E-state index is 12.0. The number of alkyl halides is 3. The van der Waals surface area contributed by atoms with E-state index in [0.29, 0.717) is 12.0 Å². The van der Waals surface area contributed by atoms with Gasteiger partial charge >= 0.3 is 6.18 Å². The third-order valence-electron chi connectivity index (χ3n) is 3.08. The molecule has 0 atom stereocenters. The molecule has 1 heterocycles. The van der Waals surface area contributed by atoms with Crippen LogP contribution in [0.4, 0.5) is 19.1 Å². The molecule has 1 fully saturated rings. The Morgan fingerprint density at radius 2 is 2.06 bits per heavy atom. The Morgan fingerprint density at radius 1 is 1.35 bits per heavy atom. The van der Waals surface area contributed by atoms with Crippen molar-refractivity contribution in [1.29, 1.82) is 0 Å². The molecule has 0 amide bonds. The van der Waals surface area contributed by atoms with Gasteiger partial charge in [0, 0.05) is 25.0 Å². The first-order valence-electron chi connectivity index (χ1n) is 5.90. The molecular weight excluding hydrogens is 231 g/mol. The molecule has 1 N–H and O–H groups in total. The molecule has 2 rings (SSSR count). The van der Waals surface area contributed by atoms with Gasteiger partial charge in [-0.1, -0.05) is 12.8 Å². The molecule has 0 aromatic carbocycles. The number of nitrogens with one attached hydrogen (secondary N) is 1. The Labute approximate surface area is 98.0 Å². The topological polar surface area (TPSA) is 29.9 Å². The number of imidazole rings is 1. The van der Waals surface area contributed by atoms with Crippen LogP contribution in [0.5, 0.6) is 0 Å². The van der Waals surface area contributed by atoms with Crippen molar-refractivity contribution in [3.8, 4) is 0 Å². The van der Waals surface area contributed by atoms with E-state index >= 15 is 0 Å². The number of nitrogens with zero attached hydrogens (tertiary/aromatic N) is 2. The average Bonchev–Trinajstić information content (AvgIpc) is 2.82. The molecule has 0 saturated heterocycles. The van der Waals surface area contributed by atoms with Crippen molar-refractivity contribution in [3.05, 3.63) is 12.4 Å². The van der Waals surface area contributed by atoms with Crippen molar-refractivity contribution in [2.24, 2.45) is 0 Å². The molecule has 1 aromatic heterocycles. The third kappa shape index (κ3) is 3.38. The van der Waals surface area contributed by atoms with Gasteiger partial charge < -0.3 is 9.88 Å². The Morgan fingerprint density at radius 3 is 2.71 bits per heavy atom. The average molecular weight is 247 g/mol. The molecule has 17 heavy (non-hydrogen) atoms. The smallest absolute Gasteiger partial charge is 0.355 e. The van der Waals surface area contributed by atoms with Gasteiger partial charge in [0.25, 0.3) is 0 Å². The van der Waals surface area contributed by atoms with Crippen LogP contribution >= 0.6 is 0 Å². The highest BCUT2D eigenvalue weighted by Gasteiger charge is 2.26. The van der Waals surface area contributed by atoms with Crippen LogP contribution in [-0.4, -0.2) is 22.3 Å². The Bertz CT molecular complexity index is 353. The predicted octanol–water partition coefficient (Wildman–Crippen LogP) is 3.36. The number of hydrogen-bond acceptors (Lipinski definition) is 2. The molecule has 6 heteroatoms. The molecule has 1 saturated carbocycles. The fourth-order valence-electron chi connectivity index (χ4n) is 2.24. The van der Waals surface area contributed by atoms with E-state index in [9.17, 15) is 13.2 Å². The van der Waals surface area contributed by atoms with Crippen LogP contribution in [0.25, 0.3) is 0 Å². The fraction of sp³-hybridized carbons (Fsp3) is 0.727. The van der Waals surface area contributed by atoms with Crippen molar-refractivity contribution in [2.75, 3.05) is 11.9 Å². The molecule has 1 aliphatic rings. The van der Waals surface area contributed by atoms with Crippen molar-refractivity contribution in [2.45, 2.75) is 44.3 Å². The van der Waals surface area contributed by atoms with Crippen LogP contribution in [0.3, 0.4) is 0 Å². The lowest BCUT2D eigenvalue weighted by atomic mass is 10.2. The Kier molecular flexibility index (Phi) is 3.59. The molecule has 3 nitrogen and oxygen atoms in total. The summed E-state index contributed by atoms with van der Waals surface area (Å²) in [5.74, 6) is 0.557. The summed E-state index contributed by atoms with van der Waals surface area (Å²) < 4.78 is 38.0. The summed E-state index contributed by atoms with van der Waals surface area (Å²) in [4.78, 5) is 4.06. The van der Waals surface area contributed by atoms with E-state index in [1.165, 1.54) is 12.8 Å². The zero-order valence-corrected chi connectivity index (χ0v) is 9.50. The largest absolute Gasteiger partial charge is 0.390 e. The molecule has 0 aliphatic heterocycles. The van der Waals surface area contributed by atoms with Gasteiger partial charge in [0.1, 0.15) is 0 Å². The third-order valence-corrected chi connectivity index (χ3v) is 3.08. The van der Waals surface area contributed by atoms with Crippen LogP contribution in [0.15, 0.2) is 12.4 Å². The molecule has 1 aliphatic carbocycles. The number of rotatable bonds is 4. The van der Waals surface area contributed by atoms with E-state index in [0.717, 1.165) is 12.8 Å². The van der Waals surface area contributed by atoms with E-state index in [-0.39, 0.29) is 6.54 Å². The minimum Gasteiger partial charge on any atom is -0.355 e. The van der Waals surface area contributed by atoms with Gasteiger partial charge in [0.2, 0.25) is 5.95 Å². The van der Waals surface area contributed by atoms with Crippen LogP contribution in [0, 0.1) is 0 Å². The first-order valence-corrected chi connectivity index (χ1v) is 5.90. The Hall–Kier alpha value is -1.20. The molecular formula is C11H16F3N3. The van der Waals surface area contributed by atoms with Gasteiger partial charge in [-0.3, -0.25) is 0 Å². The summed E-state index contributed by atoms with van der Waals surface area (Å²) in [6.07, 6.45) is 3.08. The molecule has 0 radical (unpaired) electrons. The van der Waals surface area contributed by atoms with Crippen LogP contribution < -0.4 is 5.32 Å². The second kappa shape index (κ2) is 4.98. The maximum Gasteiger partial charge on any atom is 0.390 e. The monoisotopic (exact) mass is 247 g/mol. The van der Waals surface area contributed by atoms with Gasteiger partial charge in [0.05, 0.1) is 6.42 Å². The fourth-order valence-corrected chi connectivity index (χ4v) is 2.24. The highest BCUT2D eigenvalue weighted by molar-refractivity contribution is 5.26. The van der Waals surface area contributed by atoms with Crippen molar-refractivity contribution in [3.63, 3.8) is 0 Å². The number of hydrogen-bond donors (Lipinski definition) is 1. The number of anilines is 1. The SMILES string of the molecule is FC(F)(F)CCNc1nccn1C1CCCC1. The van der Waals surface area contributed by atoms with E-state index in [4.69, 9.17) is 0 Å². The van der Waals surface area contributed by atoms with E-state index in [1.54, 1.807) is 6.20 Å². The van der Waals surface area contributed by atoms with Crippen LogP contribution in [0.1, 0.15) is 38.1 Å². The Balaban J connectivity index is 1.90. The standard InChI is InChI=1S/C11H16F3N3/c12-11(13,14)5-6-15-10-16-7-8-17(10)9-3-1-2-4-9/h7-9H,1-6H2,(H,15,16). The zero-order chi connectivity index (χ0) is 12.3. The minimum absolute atomic E-state index is 0.118. The number of aromatic nitrogens is 2. The molecule has 0 unspecified atom stereocenters.